The van der Waals surface area contributed by atoms with Gasteiger partial charge < -0.3 is 4.74 Å². The monoisotopic (exact) mass is 274 g/mol. The minimum absolute atomic E-state index is 0.657. The van der Waals surface area contributed by atoms with Crippen LogP contribution in [0.4, 0.5) is 0 Å². The lowest BCUT2D eigenvalue weighted by Gasteiger charge is -2.16. The van der Waals surface area contributed by atoms with Crippen LogP contribution in [-0.4, -0.2) is 40.3 Å². The summed E-state index contributed by atoms with van der Waals surface area (Å²) in [5.74, 6) is 2.62. The first-order valence-electron chi connectivity index (χ1n) is 6.81. The minimum atomic E-state index is 0.657. The molecule has 0 atom stereocenters. The van der Waals surface area contributed by atoms with Crippen LogP contribution in [0.5, 0.6) is 5.75 Å². The van der Waals surface area contributed by atoms with E-state index in [9.17, 15) is 0 Å². The highest BCUT2D eigenvalue weighted by molar-refractivity contribution is 5.35. The highest BCUT2D eigenvalue weighted by Gasteiger charge is 2.05. The van der Waals surface area contributed by atoms with Crippen LogP contribution in [0.1, 0.15) is 22.8 Å². The van der Waals surface area contributed by atoms with Crippen molar-refractivity contribution >= 4 is 0 Å². The number of aromatic amines is 1. The van der Waals surface area contributed by atoms with Crippen molar-refractivity contribution < 1.29 is 4.74 Å². The average molecular weight is 274 g/mol. The maximum atomic E-state index is 5.82. The molecule has 0 aliphatic heterocycles. The minimum Gasteiger partial charge on any atom is -0.492 e. The summed E-state index contributed by atoms with van der Waals surface area (Å²) in [6.07, 6.45) is 0. The second kappa shape index (κ2) is 6.52. The Balaban J connectivity index is 1.77. The zero-order chi connectivity index (χ0) is 14.5. The normalized spacial score (nSPS) is 11.1. The van der Waals surface area contributed by atoms with Crippen LogP contribution < -0.4 is 4.74 Å². The second-order valence-electron chi connectivity index (χ2n) is 5.19. The number of hydrogen-bond donors (Lipinski definition) is 1. The van der Waals surface area contributed by atoms with E-state index in [2.05, 4.69) is 46.1 Å². The molecule has 1 heterocycles. The van der Waals surface area contributed by atoms with Crippen molar-refractivity contribution in [2.24, 2.45) is 0 Å². The number of rotatable bonds is 6. The van der Waals surface area contributed by atoms with E-state index >= 15 is 0 Å². The van der Waals surface area contributed by atoms with E-state index in [-0.39, 0.29) is 0 Å². The largest absolute Gasteiger partial charge is 0.492 e. The molecule has 0 fully saturated rings. The number of hydrogen-bond acceptors (Lipinski definition) is 4. The zero-order valence-electron chi connectivity index (χ0n) is 12.6. The summed E-state index contributed by atoms with van der Waals surface area (Å²) in [5, 5.41) is 6.98. The van der Waals surface area contributed by atoms with Gasteiger partial charge in [-0.1, -0.05) is 17.7 Å². The van der Waals surface area contributed by atoms with Crippen LogP contribution in [-0.2, 0) is 6.54 Å². The first-order valence-corrected chi connectivity index (χ1v) is 6.81. The van der Waals surface area contributed by atoms with E-state index in [0.717, 1.165) is 30.5 Å². The summed E-state index contributed by atoms with van der Waals surface area (Å²) in [7, 11) is 2.04. The Morgan fingerprint density at radius 2 is 2.05 bits per heavy atom. The number of aryl methyl sites for hydroxylation is 3. The summed E-state index contributed by atoms with van der Waals surface area (Å²) >= 11 is 0. The van der Waals surface area contributed by atoms with Gasteiger partial charge in [-0.3, -0.25) is 10.00 Å². The maximum Gasteiger partial charge on any atom is 0.164 e. The number of nitrogens with zero attached hydrogens (tertiary/aromatic N) is 3. The van der Waals surface area contributed by atoms with Crippen molar-refractivity contribution in [3.63, 3.8) is 0 Å². The van der Waals surface area contributed by atoms with Gasteiger partial charge in [-0.2, -0.15) is 5.10 Å². The molecule has 0 bridgehead atoms. The quantitative estimate of drug-likeness (QED) is 0.877. The molecule has 0 saturated carbocycles. The van der Waals surface area contributed by atoms with Crippen LogP contribution in [0.15, 0.2) is 18.2 Å². The molecule has 20 heavy (non-hydrogen) atoms. The Kier molecular flexibility index (Phi) is 4.74. The fraction of sp³-hybridized carbons (Fsp3) is 0.467. The standard InChI is InChI=1S/C15H22N4O/c1-11-5-6-14(12(2)9-11)20-8-7-19(4)10-15-16-13(3)17-18-15/h5-6,9H,7-8,10H2,1-4H3,(H,16,17,18). The summed E-state index contributed by atoms with van der Waals surface area (Å²) in [6.45, 7) is 8.27. The van der Waals surface area contributed by atoms with Gasteiger partial charge in [-0.25, -0.2) is 4.98 Å². The molecule has 5 nitrogen and oxygen atoms in total. The van der Waals surface area contributed by atoms with Crippen molar-refractivity contribution in [2.75, 3.05) is 20.2 Å². The van der Waals surface area contributed by atoms with Crippen molar-refractivity contribution in [3.05, 3.63) is 41.0 Å². The molecule has 2 rings (SSSR count). The van der Waals surface area contributed by atoms with E-state index in [1.807, 2.05) is 20.0 Å². The summed E-state index contributed by atoms with van der Waals surface area (Å²) in [5.41, 5.74) is 2.43. The van der Waals surface area contributed by atoms with E-state index < -0.39 is 0 Å². The van der Waals surface area contributed by atoms with Crippen LogP contribution in [0.3, 0.4) is 0 Å². The smallest absolute Gasteiger partial charge is 0.164 e. The van der Waals surface area contributed by atoms with Gasteiger partial charge in [0, 0.05) is 6.54 Å². The topological polar surface area (TPSA) is 54.0 Å². The summed E-state index contributed by atoms with van der Waals surface area (Å²) < 4.78 is 5.82. The molecule has 0 spiro atoms. The van der Waals surface area contributed by atoms with Gasteiger partial charge in [0.2, 0.25) is 0 Å². The summed E-state index contributed by atoms with van der Waals surface area (Å²) in [6, 6.07) is 6.24. The van der Waals surface area contributed by atoms with E-state index in [1.54, 1.807) is 0 Å². The highest BCUT2D eigenvalue weighted by Crippen LogP contribution is 2.18. The van der Waals surface area contributed by atoms with Crippen molar-refractivity contribution in [1.29, 1.82) is 0 Å². The van der Waals surface area contributed by atoms with E-state index in [0.29, 0.717) is 6.61 Å². The molecule has 0 amide bonds. The molecule has 1 N–H and O–H groups in total. The third-order valence-electron chi connectivity index (χ3n) is 3.12. The molecular formula is C15H22N4O. The van der Waals surface area contributed by atoms with Crippen molar-refractivity contribution in [1.82, 2.24) is 20.1 Å². The fourth-order valence-electron chi connectivity index (χ4n) is 2.05. The Labute approximate surface area is 120 Å². The first-order chi connectivity index (χ1) is 9.54. The molecule has 108 valence electrons. The van der Waals surface area contributed by atoms with Crippen LogP contribution in [0.25, 0.3) is 0 Å². The Morgan fingerprint density at radius 1 is 1.25 bits per heavy atom. The average Bonchev–Trinajstić information content (AvgIpc) is 2.77. The van der Waals surface area contributed by atoms with Crippen LogP contribution >= 0.6 is 0 Å². The number of nitrogens with one attached hydrogen (secondary N) is 1. The lowest BCUT2D eigenvalue weighted by Crippen LogP contribution is -2.24. The molecule has 2 aromatic rings. The molecule has 1 aromatic carbocycles. The molecule has 0 aliphatic carbocycles. The lowest BCUT2D eigenvalue weighted by atomic mass is 10.1. The van der Waals surface area contributed by atoms with Gasteiger partial charge >= 0.3 is 0 Å². The second-order valence-corrected chi connectivity index (χ2v) is 5.19. The predicted molar refractivity (Wildman–Crippen MR) is 78.9 cm³/mol. The molecule has 0 radical (unpaired) electrons. The van der Waals surface area contributed by atoms with Crippen LogP contribution in [0.2, 0.25) is 0 Å². The number of H-pyrrole nitrogens is 1. The fourth-order valence-corrected chi connectivity index (χ4v) is 2.05. The molecule has 0 aliphatic rings. The maximum absolute atomic E-state index is 5.82. The zero-order valence-corrected chi connectivity index (χ0v) is 12.6. The predicted octanol–water partition coefficient (Wildman–Crippen LogP) is 2.24. The first kappa shape index (κ1) is 14.5. The van der Waals surface area contributed by atoms with Gasteiger partial charge in [-0.05, 0) is 39.4 Å². The van der Waals surface area contributed by atoms with Gasteiger partial charge in [0.15, 0.2) is 5.82 Å². The SMILES string of the molecule is Cc1ccc(OCCN(C)Cc2n[nH]c(C)n2)c(C)c1. The lowest BCUT2D eigenvalue weighted by molar-refractivity contribution is 0.229. The van der Waals surface area contributed by atoms with Crippen molar-refractivity contribution in [2.45, 2.75) is 27.3 Å². The van der Waals surface area contributed by atoms with Crippen LogP contribution in [0, 0.1) is 20.8 Å². The Bertz CT molecular complexity index is 565. The number of aromatic nitrogens is 3. The Morgan fingerprint density at radius 3 is 2.70 bits per heavy atom. The number of likely N-dealkylation sites (N-methyl/N-ethyl adjacent to an activating group) is 1. The third-order valence-corrected chi connectivity index (χ3v) is 3.12. The number of benzene rings is 1. The molecule has 0 unspecified atom stereocenters. The van der Waals surface area contributed by atoms with Gasteiger partial charge in [-0.15, -0.1) is 0 Å². The highest BCUT2D eigenvalue weighted by atomic mass is 16.5. The molecular weight excluding hydrogens is 252 g/mol. The number of ether oxygens (including phenoxy) is 1. The summed E-state index contributed by atoms with van der Waals surface area (Å²) in [4.78, 5) is 6.44. The Hall–Kier alpha value is -1.88. The van der Waals surface area contributed by atoms with Crippen molar-refractivity contribution in [3.8, 4) is 5.75 Å². The van der Waals surface area contributed by atoms with E-state index in [1.165, 1.54) is 11.1 Å². The van der Waals surface area contributed by atoms with Gasteiger partial charge in [0.1, 0.15) is 18.2 Å². The third kappa shape index (κ3) is 4.06. The van der Waals surface area contributed by atoms with Gasteiger partial charge in [0.25, 0.3) is 0 Å². The molecule has 5 heteroatoms. The van der Waals surface area contributed by atoms with Gasteiger partial charge in [0.05, 0.1) is 6.54 Å². The molecule has 1 aromatic heterocycles. The van der Waals surface area contributed by atoms with E-state index in [4.69, 9.17) is 4.74 Å². The molecule has 0 saturated heterocycles.